The number of hydrogen-bond donors (Lipinski definition) is 5. The van der Waals surface area contributed by atoms with Crippen LogP contribution in [0, 0.1) is 0 Å². The van der Waals surface area contributed by atoms with Crippen molar-refractivity contribution in [1.29, 1.82) is 0 Å². The third-order valence-corrected chi connectivity index (χ3v) is 4.46. The lowest BCUT2D eigenvalue weighted by molar-refractivity contribution is -0.169. The maximum absolute atomic E-state index is 10.0. The predicted molar refractivity (Wildman–Crippen MR) is 95.1 cm³/mol. The van der Waals surface area contributed by atoms with Crippen molar-refractivity contribution in [2.24, 2.45) is 0 Å². The second kappa shape index (κ2) is 7.56. The van der Waals surface area contributed by atoms with E-state index in [9.17, 15) is 15.3 Å². The molecule has 1 saturated heterocycles. The highest BCUT2D eigenvalue weighted by molar-refractivity contribution is 5.82. The molecule has 0 bridgehead atoms. The summed E-state index contributed by atoms with van der Waals surface area (Å²) in [6.45, 7) is -0.132. The number of rotatable bonds is 6. The quantitative estimate of drug-likeness (QED) is 0.355. The average molecular weight is 389 g/mol. The number of nitrogens with zero attached hydrogens (tertiary/aromatic N) is 4. The van der Waals surface area contributed by atoms with Crippen LogP contribution < -0.4 is 10.2 Å². The highest BCUT2D eigenvalue weighted by Crippen LogP contribution is 2.23. The van der Waals surface area contributed by atoms with Crippen molar-refractivity contribution in [2.75, 3.05) is 11.9 Å². The van der Waals surface area contributed by atoms with Gasteiger partial charge in [-0.2, -0.15) is 0 Å². The third-order valence-electron chi connectivity index (χ3n) is 4.46. The SMILES string of the molecule is OC[C@H]1O[C@@H](On2cnc3c(NCc4ccccc4O)ncnc32)[C@H](O)[C@@H]1O. The molecule has 0 unspecified atom stereocenters. The van der Waals surface area contributed by atoms with Crippen LogP contribution in [-0.2, 0) is 11.3 Å². The minimum atomic E-state index is -1.34. The van der Waals surface area contributed by atoms with E-state index in [4.69, 9.17) is 14.7 Å². The van der Waals surface area contributed by atoms with Gasteiger partial charge in [-0.15, -0.1) is 4.73 Å². The lowest BCUT2D eigenvalue weighted by Gasteiger charge is -2.16. The largest absolute Gasteiger partial charge is 0.508 e. The summed E-state index contributed by atoms with van der Waals surface area (Å²) in [5.41, 5.74) is 1.41. The highest BCUT2D eigenvalue weighted by Gasteiger charge is 2.44. The van der Waals surface area contributed by atoms with Crippen LogP contribution in [0.4, 0.5) is 5.82 Å². The van der Waals surface area contributed by atoms with Crippen molar-refractivity contribution in [1.82, 2.24) is 19.7 Å². The maximum Gasteiger partial charge on any atom is 0.254 e. The first-order chi connectivity index (χ1) is 13.6. The highest BCUT2D eigenvalue weighted by atomic mass is 16.8. The summed E-state index contributed by atoms with van der Waals surface area (Å²) in [4.78, 5) is 18.0. The molecule has 3 heterocycles. The van der Waals surface area contributed by atoms with E-state index in [2.05, 4.69) is 20.3 Å². The van der Waals surface area contributed by atoms with Gasteiger partial charge in [0.2, 0.25) is 5.65 Å². The fourth-order valence-corrected chi connectivity index (χ4v) is 2.92. The number of aliphatic hydroxyl groups excluding tert-OH is 3. The number of phenolic OH excluding ortho intramolecular Hbond substituents is 1. The molecule has 0 radical (unpaired) electrons. The summed E-state index contributed by atoms with van der Waals surface area (Å²) in [6, 6.07) is 6.93. The lowest BCUT2D eigenvalue weighted by atomic mass is 10.1. The van der Waals surface area contributed by atoms with Crippen molar-refractivity contribution in [2.45, 2.75) is 31.1 Å². The summed E-state index contributed by atoms with van der Waals surface area (Å²) in [6.07, 6.45) is -2.10. The molecule has 5 N–H and O–H groups in total. The summed E-state index contributed by atoms with van der Waals surface area (Å²) in [7, 11) is 0. The molecule has 3 aromatic rings. The molecule has 4 atom stereocenters. The molecular formula is C17H19N5O6. The van der Waals surface area contributed by atoms with Crippen LogP contribution in [0.5, 0.6) is 5.75 Å². The summed E-state index contributed by atoms with van der Waals surface area (Å²) in [5, 5.41) is 41.9. The van der Waals surface area contributed by atoms with Gasteiger partial charge in [0.1, 0.15) is 36.7 Å². The number of imidazole rings is 1. The lowest BCUT2D eigenvalue weighted by Crippen LogP contribution is -2.38. The van der Waals surface area contributed by atoms with E-state index in [1.165, 1.54) is 17.4 Å². The van der Waals surface area contributed by atoms with Gasteiger partial charge in [-0.1, -0.05) is 18.2 Å². The van der Waals surface area contributed by atoms with E-state index in [1.807, 2.05) is 6.07 Å². The van der Waals surface area contributed by atoms with Crippen LogP contribution in [0.15, 0.2) is 36.9 Å². The van der Waals surface area contributed by atoms with E-state index < -0.39 is 31.2 Å². The molecule has 1 aromatic carbocycles. The fraction of sp³-hybridized carbons (Fsp3) is 0.353. The molecule has 1 fully saturated rings. The number of hydrogen-bond acceptors (Lipinski definition) is 10. The molecule has 4 rings (SSSR count). The molecule has 148 valence electrons. The van der Waals surface area contributed by atoms with Gasteiger partial charge in [0.25, 0.3) is 6.29 Å². The van der Waals surface area contributed by atoms with E-state index in [0.29, 0.717) is 29.1 Å². The Morgan fingerprint density at radius 3 is 2.71 bits per heavy atom. The number of phenols is 1. The first kappa shape index (κ1) is 18.4. The van der Waals surface area contributed by atoms with Crippen LogP contribution in [0.25, 0.3) is 11.2 Å². The van der Waals surface area contributed by atoms with Crippen LogP contribution in [0.2, 0.25) is 0 Å². The molecule has 0 spiro atoms. The zero-order valence-corrected chi connectivity index (χ0v) is 14.6. The van der Waals surface area contributed by atoms with Crippen LogP contribution in [0.1, 0.15) is 5.56 Å². The Morgan fingerprint density at radius 2 is 1.96 bits per heavy atom. The number of fused-ring (bicyclic) bond motifs is 1. The minimum Gasteiger partial charge on any atom is -0.508 e. The van der Waals surface area contributed by atoms with Crippen LogP contribution >= 0.6 is 0 Å². The molecule has 1 aliphatic rings. The molecule has 2 aromatic heterocycles. The average Bonchev–Trinajstić information content (AvgIpc) is 3.24. The van der Waals surface area contributed by atoms with E-state index in [0.717, 1.165) is 0 Å². The first-order valence-corrected chi connectivity index (χ1v) is 8.57. The normalized spacial score (nSPS) is 24.5. The van der Waals surface area contributed by atoms with Crippen LogP contribution in [0.3, 0.4) is 0 Å². The van der Waals surface area contributed by atoms with Gasteiger partial charge in [0.05, 0.1) is 6.61 Å². The van der Waals surface area contributed by atoms with Crippen molar-refractivity contribution in [3.05, 3.63) is 42.5 Å². The molecule has 11 nitrogen and oxygen atoms in total. The second-order valence-corrected chi connectivity index (χ2v) is 6.26. The Hall–Kier alpha value is -2.99. The van der Waals surface area contributed by atoms with Gasteiger partial charge in [-0.3, -0.25) is 0 Å². The zero-order chi connectivity index (χ0) is 19.7. The molecule has 28 heavy (non-hydrogen) atoms. The molecule has 0 saturated carbocycles. The van der Waals surface area contributed by atoms with Crippen LogP contribution in [-0.4, -0.2) is 71.3 Å². The Balaban J connectivity index is 1.53. The second-order valence-electron chi connectivity index (χ2n) is 6.26. The van der Waals surface area contributed by atoms with E-state index in [-0.39, 0.29) is 5.75 Å². The first-order valence-electron chi connectivity index (χ1n) is 8.57. The Kier molecular flexibility index (Phi) is 4.96. The molecule has 0 aliphatic carbocycles. The predicted octanol–water partition coefficient (Wildman–Crippen LogP) is -0.988. The van der Waals surface area contributed by atoms with Crippen molar-refractivity contribution in [3.8, 4) is 5.75 Å². The molecule has 1 aliphatic heterocycles. The fourth-order valence-electron chi connectivity index (χ4n) is 2.92. The number of nitrogens with one attached hydrogen (secondary N) is 1. The maximum atomic E-state index is 10.0. The number of anilines is 1. The minimum absolute atomic E-state index is 0.165. The topological polar surface area (TPSA) is 155 Å². The smallest absolute Gasteiger partial charge is 0.254 e. The Bertz CT molecular complexity index is 966. The number of benzene rings is 1. The number of ether oxygens (including phenoxy) is 1. The Morgan fingerprint density at radius 1 is 1.14 bits per heavy atom. The van der Waals surface area contributed by atoms with Crippen molar-refractivity contribution in [3.63, 3.8) is 0 Å². The summed E-state index contributed by atoms with van der Waals surface area (Å²) < 4.78 is 6.50. The molecule has 11 heteroatoms. The monoisotopic (exact) mass is 389 g/mol. The van der Waals surface area contributed by atoms with Gasteiger partial charge in [0, 0.05) is 12.1 Å². The third kappa shape index (κ3) is 3.31. The van der Waals surface area contributed by atoms with Gasteiger partial charge in [0.15, 0.2) is 11.3 Å². The standard InChI is InChI=1S/C17H19N5O6/c23-6-11-13(25)14(26)17(27-11)28-22-8-21-12-15(19-7-20-16(12)22)18-5-9-3-1-2-4-10(9)24/h1-4,7-8,11,13-14,17,23-26H,5-6H2,(H,18,19,20)/t11-,13-,14-,17+/m1/s1. The van der Waals surface area contributed by atoms with Gasteiger partial charge < -0.3 is 35.3 Å². The van der Waals surface area contributed by atoms with Gasteiger partial charge >= 0.3 is 0 Å². The van der Waals surface area contributed by atoms with E-state index >= 15 is 0 Å². The van der Waals surface area contributed by atoms with Gasteiger partial charge in [-0.05, 0) is 6.07 Å². The summed E-state index contributed by atoms with van der Waals surface area (Å²) >= 11 is 0. The number of para-hydroxylation sites is 1. The van der Waals surface area contributed by atoms with E-state index in [1.54, 1.807) is 18.2 Å². The van der Waals surface area contributed by atoms with Crippen molar-refractivity contribution >= 4 is 17.0 Å². The zero-order valence-electron chi connectivity index (χ0n) is 14.6. The Labute approximate surface area is 158 Å². The van der Waals surface area contributed by atoms with Gasteiger partial charge in [-0.25, -0.2) is 15.0 Å². The number of aromatic nitrogens is 4. The molecule has 0 amide bonds. The van der Waals surface area contributed by atoms with Crippen molar-refractivity contribution < 1.29 is 30.0 Å². The number of aromatic hydroxyl groups is 1. The molecular weight excluding hydrogens is 370 g/mol. The summed E-state index contributed by atoms with van der Waals surface area (Å²) in [5.74, 6) is 0.593. The number of aliphatic hydroxyl groups is 3.